The number of aryl methyl sites for hydroxylation is 1. The molecule has 0 radical (unpaired) electrons. The molecule has 3 aromatic carbocycles. The van der Waals surface area contributed by atoms with E-state index < -0.39 is 5.97 Å². The average molecular weight is 777 g/mol. The van der Waals surface area contributed by atoms with Crippen LogP contribution in [0.25, 0.3) is 6.08 Å². The van der Waals surface area contributed by atoms with Crippen molar-refractivity contribution in [2.24, 2.45) is 4.99 Å². The minimum Gasteiger partial charge on any atom is -0.493 e. The number of ether oxygens (including phenoxy) is 3. The van der Waals surface area contributed by atoms with E-state index in [0.29, 0.717) is 24.0 Å². The van der Waals surface area contributed by atoms with Crippen molar-refractivity contribution >= 4 is 85.7 Å². The van der Waals surface area contributed by atoms with Gasteiger partial charge in [0.05, 0.1) is 10.7 Å². The van der Waals surface area contributed by atoms with Crippen molar-refractivity contribution in [1.29, 1.82) is 0 Å². The van der Waals surface area contributed by atoms with Gasteiger partial charge in [-0.3, -0.25) is 0 Å². The summed E-state index contributed by atoms with van der Waals surface area (Å²) in [6.07, 6.45) is 1.70. The molecular formula is C25H18I3NO4. The third-order valence-electron chi connectivity index (χ3n) is 4.88. The van der Waals surface area contributed by atoms with Gasteiger partial charge >= 0.3 is 5.97 Å². The number of carbonyl (C=O) groups is 1. The predicted molar refractivity (Wildman–Crippen MR) is 154 cm³/mol. The van der Waals surface area contributed by atoms with Crippen molar-refractivity contribution in [1.82, 2.24) is 0 Å². The molecule has 0 fully saturated rings. The van der Waals surface area contributed by atoms with Gasteiger partial charge in [0.25, 0.3) is 0 Å². The molecule has 1 aliphatic heterocycles. The highest BCUT2D eigenvalue weighted by Crippen LogP contribution is 2.35. The fourth-order valence-corrected chi connectivity index (χ4v) is 4.64. The Bertz CT molecular complexity index is 1280. The number of aliphatic imine (C=N–C) groups is 1. The average Bonchev–Trinajstić information content (AvgIpc) is 3.15. The lowest BCUT2D eigenvalue weighted by molar-refractivity contribution is -0.129. The van der Waals surface area contributed by atoms with E-state index in [1.807, 2.05) is 61.5 Å². The fraction of sp³-hybridized carbons (Fsp3) is 0.120. The highest BCUT2D eigenvalue weighted by molar-refractivity contribution is 14.1. The van der Waals surface area contributed by atoms with E-state index in [0.717, 1.165) is 29.4 Å². The zero-order chi connectivity index (χ0) is 23.5. The molecule has 0 amide bonds. The van der Waals surface area contributed by atoms with Crippen molar-refractivity contribution in [2.75, 3.05) is 7.11 Å². The lowest BCUT2D eigenvalue weighted by atomic mass is 10.1. The summed E-state index contributed by atoms with van der Waals surface area (Å²) < 4.78 is 20.2. The molecular weight excluding hydrogens is 759 g/mol. The number of methoxy groups -OCH3 is 1. The molecule has 5 nitrogen and oxygen atoms in total. The molecule has 4 rings (SSSR count). The van der Waals surface area contributed by atoms with Gasteiger partial charge in [0.1, 0.15) is 6.61 Å². The Morgan fingerprint density at radius 3 is 2.45 bits per heavy atom. The second kappa shape index (κ2) is 10.7. The number of halogens is 3. The molecule has 3 aromatic rings. The minimum atomic E-state index is -0.478. The molecule has 0 bridgehead atoms. The molecule has 1 aliphatic rings. The van der Waals surface area contributed by atoms with Gasteiger partial charge in [-0.2, -0.15) is 0 Å². The zero-order valence-corrected chi connectivity index (χ0v) is 24.2. The van der Waals surface area contributed by atoms with Crippen LogP contribution in [0.15, 0.2) is 65.3 Å². The van der Waals surface area contributed by atoms with Crippen LogP contribution in [0.2, 0.25) is 0 Å². The van der Waals surface area contributed by atoms with Crippen LogP contribution in [0.5, 0.6) is 11.5 Å². The maximum Gasteiger partial charge on any atom is 0.363 e. The smallest absolute Gasteiger partial charge is 0.363 e. The number of benzene rings is 3. The van der Waals surface area contributed by atoms with Gasteiger partial charge in [-0.25, -0.2) is 9.79 Å². The highest BCUT2D eigenvalue weighted by Gasteiger charge is 2.25. The Kier molecular flexibility index (Phi) is 7.95. The molecule has 0 spiro atoms. The molecule has 168 valence electrons. The van der Waals surface area contributed by atoms with Gasteiger partial charge in [-0.15, -0.1) is 0 Å². The lowest BCUT2D eigenvalue weighted by Gasteiger charge is -2.14. The van der Waals surface area contributed by atoms with Crippen LogP contribution in [-0.2, 0) is 16.1 Å². The van der Waals surface area contributed by atoms with E-state index in [-0.39, 0.29) is 5.70 Å². The fourth-order valence-electron chi connectivity index (χ4n) is 3.17. The Labute approximate surface area is 233 Å². The number of nitrogens with zero attached hydrogens (tertiary/aromatic N) is 1. The Hall–Kier alpha value is -1.67. The SMILES string of the molecule is COc1cc(/C=C2\N=C(c3ccc(I)c(C)c3)OC2=O)cc(I)c1OCc1ccc(I)cc1. The van der Waals surface area contributed by atoms with Crippen molar-refractivity contribution in [2.45, 2.75) is 13.5 Å². The summed E-state index contributed by atoms with van der Waals surface area (Å²) in [6, 6.07) is 17.8. The van der Waals surface area contributed by atoms with E-state index in [9.17, 15) is 4.79 Å². The first-order valence-electron chi connectivity index (χ1n) is 9.88. The predicted octanol–water partition coefficient (Wildman–Crippen LogP) is 6.74. The second-order valence-electron chi connectivity index (χ2n) is 7.25. The van der Waals surface area contributed by atoms with Crippen LogP contribution in [0.4, 0.5) is 0 Å². The second-order valence-corrected chi connectivity index (χ2v) is 10.8. The van der Waals surface area contributed by atoms with Crippen molar-refractivity contribution in [3.63, 3.8) is 0 Å². The number of rotatable bonds is 6. The third kappa shape index (κ3) is 5.88. The van der Waals surface area contributed by atoms with Crippen LogP contribution in [0.3, 0.4) is 0 Å². The lowest BCUT2D eigenvalue weighted by Crippen LogP contribution is -2.05. The Morgan fingerprint density at radius 1 is 1.00 bits per heavy atom. The van der Waals surface area contributed by atoms with E-state index in [1.54, 1.807) is 13.2 Å². The number of carbonyl (C=O) groups excluding carboxylic acids is 1. The van der Waals surface area contributed by atoms with Gasteiger partial charge in [0.15, 0.2) is 17.2 Å². The first-order chi connectivity index (χ1) is 15.8. The van der Waals surface area contributed by atoms with E-state index in [2.05, 4.69) is 72.8 Å². The maximum atomic E-state index is 12.4. The third-order valence-corrected chi connectivity index (χ3v) is 7.61. The molecule has 1 heterocycles. The molecule has 8 heteroatoms. The summed E-state index contributed by atoms with van der Waals surface area (Å²) in [5, 5.41) is 0. The van der Waals surface area contributed by atoms with E-state index in [1.165, 1.54) is 3.57 Å². The molecule has 0 unspecified atom stereocenters. The van der Waals surface area contributed by atoms with Gasteiger partial charge in [-0.1, -0.05) is 12.1 Å². The maximum absolute atomic E-state index is 12.4. The van der Waals surface area contributed by atoms with Crippen molar-refractivity contribution in [3.8, 4) is 11.5 Å². The number of esters is 1. The normalized spacial score (nSPS) is 14.3. The first kappa shape index (κ1) is 24.5. The molecule has 0 atom stereocenters. The summed E-state index contributed by atoms with van der Waals surface area (Å²) in [5.41, 5.74) is 3.96. The summed E-state index contributed by atoms with van der Waals surface area (Å²) in [7, 11) is 1.60. The van der Waals surface area contributed by atoms with Crippen LogP contribution < -0.4 is 9.47 Å². The monoisotopic (exact) mass is 777 g/mol. The minimum absolute atomic E-state index is 0.242. The number of hydrogen-bond donors (Lipinski definition) is 0. The number of hydrogen-bond acceptors (Lipinski definition) is 5. The van der Waals surface area contributed by atoms with Crippen LogP contribution in [0, 0.1) is 17.6 Å². The van der Waals surface area contributed by atoms with Crippen molar-refractivity contribution < 1.29 is 19.0 Å². The largest absolute Gasteiger partial charge is 0.493 e. The quantitative estimate of drug-likeness (QED) is 0.158. The first-order valence-corrected chi connectivity index (χ1v) is 13.1. The van der Waals surface area contributed by atoms with E-state index in [4.69, 9.17) is 14.2 Å². The Balaban J connectivity index is 1.59. The van der Waals surface area contributed by atoms with Gasteiger partial charge in [0, 0.05) is 12.7 Å². The molecule has 0 saturated heterocycles. The van der Waals surface area contributed by atoms with Crippen LogP contribution in [-0.4, -0.2) is 19.0 Å². The standard InChI is InChI=1S/C25H18I3NO4/c1-14-9-17(5-8-19(14)27)24-29-21(25(30)33-24)11-16-10-20(28)23(22(12-16)31-2)32-13-15-3-6-18(26)7-4-15/h3-12H,13H2,1-2H3/b21-11-. The van der Waals surface area contributed by atoms with Gasteiger partial charge in [0.2, 0.25) is 5.90 Å². The van der Waals surface area contributed by atoms with Crippen LogP contribution in [0.1, 0.15) is 22.3 Å². The van der Waals surface area contributed by atoms with E-state index >= 15 is 0 Å². The van der Waals surface area contributed by atoms with Crippen LogP contribution >= 0.6 is 67.8 Å². The Morgan fingerprint density at radius 2 is 1.76 bits per heavy atom. The van der Waals surface area contributed by atoms with Gasteiger partial charge < -0.3 is 14.2 Å². The highest BCUT2D eigenvalue weighted by atomic mass is 127. The van der Waals surface area contributed by atoms with Gasteiger partial charge in [-0.05, 0) is 140 Å². The number of cyclic esters (lactones) is 1. The molecule has 33 heavy (non-hydrogen) atoms. The summed E-state index contributed by atoms with van der Waals surface area (Å²) in [4.78, 5) is 16.9. The topological polar surface area (TPSA) is 57.1 Å². The summed E-state index contributed by atoms with van der Waals surface area (Å²) in [5.74, 6) is 1.08. The summed E-state index contributed by atoms with van der Waals surface area (Å²) in [6.45, 7) is 2.44. The molecule has 0 saturated carbocycles. The molecule has 0 aromatic heterocycles. The molecule has 0 N–H and O–H groups in total. The van der Waals surface area contributed by atoms with Crippen molar-refractivity contribution in [3.05, 3.63) is 93.3 Å². The summed E-state index contributed by atoms with van der Waals surface area (Å²) >= 11 is 6.75. The molecule has 0 aliphatic carbocycles. The zero-order valence-electron chi connectivity index (χ0n) is 17.7.